The zero-order valence-corrected chi connectivity index (χ0v) is 24.8. The van der Waals surface area contributed by atoms with Gasteiger partial charge in [0.1, 0.15) is 17.7 Å². The molecule has 0 unspecified atom stereocenters. The highest BCUT2D eigenvalue weighted by atomic mass is 32.2. The van der Waals surface area contributed by atoms with Crippen LogP contribution in [0.3, 0.4) is 0 Å². The highest BCUT2D eigenvalue weighted by Gasteiger charge is 2.29. The van der Waals surface area contributed by atoms with Gasteiger partial charge in [0.05, 0.1) is 40.1 Å². The lowest BCUT2D eigenvalue weighted by Crippen LogP contribution is -2.25. The van der Waals surface area contributed by atoms with Crippen LogP contribution in [0.25, 0.3) is 56.0 Å². The van der Waals surface area contributed by atoms with Gasteiger partial charge in [-0.15, -0.1) is 0 Å². The molecule has 1 aliphatic heterocycles. The van der Waals surface area contributed by atoms with Gasteiger partial charge in [0.25, 0.3) is 0 Å². The van der Waals surface area contributed by atoms with Crippen LogP contribution in [-0.2, 0) is 23.0 Å². The van der Waals surface area contributed by atoms with Crippen molar-refractivity contribution < 1.29 is 26.5 Å². The van der Waals surface area contributed by atoms with Gasteiger partial charge in [-0.1, -0.05) is 24.2 Å². The van der Waals surface area contributed by atoms with Crippen molar-refractivity contribution in [2.75, 3.05) is 17.6 Å². The van der Waals surface area contributed by atoms with Crippen LogP contribution >= 0.6 is 0 Å². The monoisotopic (exact) mass is 598 g/mol. The number of halogens is 1. The summed E-state index contributed by atoms with van der Waals surface area (Å²) in [6.45, 7) is 4.25. The molecule has 6 aromatic rings. The lowest BCUT2D eigenvalue weighted by molar-refractivity contribution is 0.0989. The zero-order chi connectivity index (χ0) is 30.2. The number of aryl methyl sites for hydroxylation is 3. The molecule has 4 aromatic heterocycles. The molecule has 11 heteroatoms. The number of carbonyl (C=O) groups excluding carboxylic acids is 1. The number of hydrogen-bond acceptors (Lipinski definition) is 7. The Hall–Kier alpha value is -4.77. The maximum atomic E-state index is 14.7. The van der Waals surface area contributed by atoms with Crippen molar-refractivity contribution in [1.82, 2.24) is 14.7 Å². The average Bonchev–Trinajstić information content (AvgIpc) is 3.69. The van der Waals surface area contributed by atoms with Gasteiger partial charge in [-0.3, -0.25) is 9.10 Å². The van der Waals surface area contributed by atoms with E-state index >= 15 is 0 Å². The summed E-state index contributed by atoms with van der Waals surface area (Å²) in [6.07, 6.45) is 3.52. The SMILES string of the molecule is CCC(=O)c1c(-c2nocc2C)oc2cc(N(C)S(C)(=O)=O)c(-c3ccc4c(n3)-c3cc5c(F)cccc5n3CC4)cc12. The third kappa shape index (κ3) is 4.17. The van der Waals surface area contributed by atoms with Gasteiger partial charge in [-0.2, -0.15) is 0 Å². The molecule has 0 bridgehead atoms. The number of Topliss-reactive ketones (excluding diaryl/α,β-unsaturated/α-hetero) is 1. The number of anilines is 1. The fourth-order valence-corrected chi connectivity index (χ4v) is 6.39. The van der Waals surface area contributed by atoms with Gasteiger partial charge >= 0.3 is 0 Å². The number of nitrogens with zero attached hydrogens (tertiary/aromatic N) is 4. The molecule has 5 heterocycles. The molecule has 0 saturated carbocycles. The van der Waals surface area contributed by atoms with Crippen LogP contribution in [0, 0.1) is 12.7 Å². The van der Waals surface area contributed by atoms with E-state index in [1.165, 1.54) is 23.7 Å². The normalized spacial score (nSPS) is 13.0. The Kier molecular flexibility index (Phi) is 6.07. The first-order valence-electron chi connectivity index (χ1n) is 13.8. The van der Waals surface area contributed by atoms with Crippen molar-refractivity contribution in [3.8, 4) is 34.1 Å². The van der Waals surface area contributed by atoms with E-state index in [-0.39, 0.29) is 23.8 Å². The van der Waals surface area contributed by atoms with Crippen LogP contribution in [0.5, 0.6) is 0 Å². The largest absolute Gasteiger partial charge is 0.453 e. The summed E-state index contributed by atoms with van der Waals surface area (Å²) in [4.78, 5) is 18.3. The molecule has 0 aliphatic carbocycles. The van der Waals surface area contributed by atoms with Crippen LogP contribution in [0.2, 0.25) is 0 Å². The highest BCUT2D eigenvalue weighted by Crippen LogP contribution is 2.43. The molecule has 0 fully saturated rings. The summed E-state index contributed by atoms with van der Waals surface area (Å²) in [5.41, 5.74) is 6.39. The topological polar surface area (TPSA) is 111 Å². The number of aromatic nitrogens is 3. The zero-order valence-electron chi connectivity index (χ0n) is 23.9. The minimum Gasteiger partial charge on any atom is -0.453 e. The second-order valence-corrected chi connectivity index (χ2v) is 12.8. The number of hydrogen-bond donors (Lipinski definition) is 0. The second-order valence-electron chi connectivity index (χ2n) is 10.8. The molecule has 2 aromatic carbocycles. The quantitative estimate of drug-likeness (QED) is 0.195. The van der Waals surface area contributed by atoms with Crippen molar-refractivity contribution in [3.05, 3.63) is 77.3 Å². The molecular weight excluding hydrogens is 571 g/mol. The van der Waals surface area contributed by atoms with Crippen LogP contribution < -0.4 is 4.31 Å². The standard InChI is InChI=1S/C32H27FN4O5S/c1-5-27(38)29-21-13-20(25(36(3)43(4,39)40)15-28(21)42-32(29)30-17(2)16-41-35-30)23-10-9-18-11-12-37-24-8-6-7-22(33)19(24)14-26(37)31(18)34-23/h6-10,13-16H,5,11-12H2,1-4H3. The Morgan fingerprint density at radius 3 is 2.65 bits per heavy atom. The number of furan rings is 1. The van der Waals surface area contributed by atoms with E-state index in [1.54, 1.807) is 32.0 Å². The summed E-state index contributed by atoms with van der Waals surface area (Å²) < 4.78 is 54.9. The predicted molar refractivity (Wildman–Crippen MR) is 162 cm³/mol. The van der Waals surface area contributed by atoms with Gasteiger partial charge in [-0.25, -0.2) is 17.8 Å². The van der Waals surface area contributed by atoms with E-state index < -0.39 is 10.0 Å². The third-order valence-corrected chi connectivity index (χ3v) is 9.39. The molecule has 0 spiro atoms. The summed E-state index contributed by atoms with van der Waals surface area (Å²) in [5, 5.41) is 5.10. The van der Waals surface area contributed by atoms with Gasteiger partial charge in [-0.05, 0) is 49.2 Å². The Bertz CT molecular complexity index is 2230. The first kappa shape index (κ1) is 27.1. The Morgan fingerprint density at radius 2 is 1.93 bits per heavy atom. The predicted octanol–water partition coefficient (Wildman–Crippen LogP) is 6.76. The smallest absolute Gasteiger partial charge is 0.232 e. The van der Waals surface area contributed by atoms with E-state index in [1.807, 2.05) is 24.3 Å². The molecule has 1 aliphatic rings. The van der Waals surface area contributed by atoms with Crippen LogP contribution in [0.15, 0.2) is 63.7 Å². The third-order valence-electron chi connectivity index (χ3n) is 8.20. The fraction of sp³-hybridized carbons (Fsp3) is 0.219. The van der Waals surface area contributed by atoms with Crippen molar-refractivity contribution in [3.63, 3.8) is 0 Å². The highest BCUT2D eigenvalue weighted by molar-refractivity contribution is 7.92. The number of pyridine rings is 1. The first-order valence-corrected chi connectivity index (χ1v) is 15.7. The first-order chi connectivity index (χ1) is 20.6. The lowest BCUT2D eigenvalue weighted by Gasteiger charge is -2.23. The maximum Gasteiger partial charge on any atom is 0.232 e. The molecule has 0 atom stereocenters. The van der Waals surface area contributed by atoms with E-state index in [2.05, 4.69) is 9.72 Å². The molecule has 9 nitrogen and oxygen atoms in total. The van der Waals surface area contributed by atoms with Crippen LogP contribution in [0.1, 0.15) is 34.8 Å². The average molecular weight is 599 g/mol. The summed E-state index contributed by atoms with van der Waals surface area (Å²) in [6, 6.07) is 14.0. The molecule has 0 radical (unpaired) electrons. The molecule has 0 saturated heterocycles. The maximum absolute atomic E-state index is 14.7. The van der Waals surface area contributed by atoms with Crippen molar-refractivity contribution in [2.24, 2.45) is 0 Å². The van der Waals surface area contributed by atoms with Crippen molar-refractivity contribution >= 4 is 43.4 Å². The molecule has 0 N–H and O–H groups in total. The molecule has 43 heavy (non-hydrogen) atoms. The van der Waals surface area contributed by atoms with Crippen molar-refractivity contribution in [1.29, 1.82) is 0 Å². The number of ketones is 1. The lowest BCUT2D eigenvalue weighted by atomic mass is 9.97. The van der Waals surface area contributed by atoms with E-state index in [0.717, 1.165) is 23.0 Å². The number of rotatable bonds is 6. The van der Waals surface area contributed by atoms with Crippen LogP contribution in [0.4, 0.5) is 10.1 Å². The van der Waals surface area contributed by atoms with Gasteiger partial charge in [0.2, 0.25) is 10.0 Å². The summed E-state index contributed by atoms with van der Waals surface area (Å²) in [7, 11) is -2.23. The molecule has 7 rings (SSSR count). The summed E-state index contributed by atoms with van der Waals surface area (Å²) in [5.74, 6) is -0.190. The second kappa shape index (κ2) is 9.63. The Balaban J connectivity index is 1.51. The summed E-state index contributed by atoms with van der Waals surface area (Å²) >= 11 is 0. The minimum atomic E-state index is -3.69. The van der Waals surface area contributed by atoms with Crippen LogP contribution in [-0.4, -0.2) is 42.2 Å². The van der Waals surface area contributed by atoms with Gasteiger partial charge < -0.3 is 13.5 Å². The van der Waals surface area contributed by atoms with Gasteiger partial charge in [0.15, 0.2) is 17.2 Å². The number of benzene rings is 2. The van der Waals surface area contributed by atoms with Crippen molar-refractivity contribution in [2.45, 2.75) is 33.2 Å². The Labute approximate surface area is 246 Å². The van der Waals surface area contributed by atoms with E-state index in [0.29, 0.717) is 68.8 Å². The number of carbonyl (C=O) groups is 1. The van der Waals surface area contributed by atoms with Gasteiger partial charge in [0, 0.05) is 48.0 Å². The van der Waals surface area contributed by atoms with E-state index in [9.17, 15) is 17.6 Å². The minimum absolute atomic E-state index is 0.156. The molecular formula is C32H27FN4O5S. The van der Waals surface area contributed by atoms with E-state index in [4.69, 9.17) is 13.9 Å². The number of fused-ring (bicyclic) bond motifs is 6. The molecule has 0 amide bonds. The fourth-order valence-electron chi connectivity index (χ4n) is 5.88. The Morgan fingerprint density at radius 1 is 1.12 bits per heavy atom. The molecule has 218 valence electrons. The number of sulfonamides is 1.